The van der Waals surface area contributed by atoms with Gasteiger partial charge in [0.15, 0.2) is 14.0 Å². The first-order valence-electron chi connectivity index (χ1n) is 20.9. The molecule has 2 aromatic carbocycles. The van der Waals surface area contributed by atoms with Crippen molar-refractivity contribution in [1.82, 2.24) is 29.7 Å². The summed E-state index contributed by atoms with van der Waals surface area (Å²) in [5, 5.41) is 20.4. The summed E-state index contributed by atoms with van der Waals surface area (Å²) in [6.45, 7) is 25.1. The molecule has 0 spiro atoms. The Morgan fingerprint density at radius 1 is 0.895 bits per heavy atom. The molecule has 0 bridgehead atoms. The minimum Gasteiger partial charge on any atom is -0.484 e. The second-order valence-electron chi connectivity index (χ2n) is 18.2. The van der Waals surface area contributed by atoms with Gasteiger partial charge in [-0.15, -0.1) is 10.2 Å². The molecule has 12 heteroatoms. The number of rotatable bonds is 12. The Balaban J connectivity index is 1.03. The number of fused-ring (bicyclic) bond motifs is 2. The van der Waals surface area contributed by atoms with E-state index in [4.69, 9.17) is 14.3 Å². The molecule has 3 atom stereocenters. The number of carbonyl (C=O) groups excluding carboxylic acids is 1. The minimum atomic E-state index is -1.93. The van der Waals surface area contributed by atoms with Gasteiger partial charge in [0.25, 0.3) is 0 Å². The maximum absolute atomic E-state index is 13.7. The molecule has 4 heterocycles. The van der Waals surface area contributed by atoms with Crippen LogP contribution in [-0.4, -0.2) is 58.4 Å². The van der Waals surface area contributed by atoms with Gasteiger partial charge in [0.1, 0.15) is 17.7 Å². The van der Waals surface area contributed by atoms with E-state index in [1.807, 2.05) is 53.3 Å². The second kappa shape index (κ2) is 16.3. The second-order valence-corrected chi connectivity index (χ2v) is 23.7. The van der Waals surface area contributed by atoms with Crippen LogP contribution in [0.25, 0.3) is 11.3 Å². The number of hydrogen-bond donors (Lipinski definition) is 2. The van der Waals surface area contributed by atoms with Gasteiger partial charge in [-0.25, -0.2) is 9.48 Å². The van der Waals surface area contributed by atoms with Gasteiger partial charge < -0.3 is 19.4 Å². The van der Waals surface area contributed by atoms with Crippen molar-refractivity contribution in [2.45, 2.75) is 123 Å². The molecule has 0 unspecified atom stereocenters. The Bertz CT molecular complexity index is 2150. The number of urea groups is 1. The number of hydrogen-bond acceptors (Lipinski definition) is 7. The van der Waals surface area contributed by atoms with Crippen LogP contribution >= 0.6 is 0 Å². The summed E-state index contributed by atoms with van der Waals surface area (Å²) in [5.74, 6) is 2.68. The third kappa shape index (κ3) is 8.34. The predicted octanol–water partition coefficient (Wildman–Crippen LogP) is 10.3. The van der Waals surface area contributed by atoms with Crippen LogP contribution in [0.3, 0.4) is 0 Å². The molecular formula is C45H62N8O3Si. The third-order valence-electron chi connectivity index (χ3n) is 12.2. The maximum Gasteiger partial charge on any atom is 0.320 e. The molecule has 1 fully saturated rings. The van der Waals surface area contributed by atoms with Gasteiger partial charge >= 0.3 is 6.03 Å². The predicted molar refractivity (Wildman–Crippen MR) is 231 cm³/mol. The van der Waals surface area contributed by atoms with Crippen molar-refractivity contribution in [2.24, 2.45) is 5.92 Å². The average molecular weight is 791 g/mol. The number of aromatic nitrogens is 5. The van der Waals surface area contributed by atoms with E-state index in [0.29, 0.717) is 28.4 Å². The van der Waals surface area contributed by atoms with Crippen molar-refractivity contribution in [2.75, 3.05) is 29.9 Å². The SMILES string of the molecule is Cc1ccc(-n2nc(C(C)(C)C)cc2NC(=O)N[C@H]2CC[C@@H](Oc3ccc4nnc(N5CC[C@H](CO[Si](C(C)C)(C(C)C)C(C)C)C5)n4c3)c3ccccc32)cc1. The normalized spacial score (nSPS) is 18.8. The van der Waals surface area contributed by atoms with E-state index in [2.05, 4.69) is 124 Å². The lowest BCUT2D eigenvalue weighted by Crippen LogP contribution is -2.48. The van der Waals surface area contributed by atoms with Crippen molar-refractivity contribution in [3.63, 3.8) is 0 Å². The summed E-state index contributed by atoms with van der Waals surface area (Å²) < 4.78 is 17.6. The molecule has 3 aromatic heterocycles. The van der Waals surface area contributed by atoms with Crippen molar-refractivity contribution in [3.8, 4) is 11.4 Å². The van der Waals surface area contributed by atoms with Crippen molar-refractivity contribution in [1.29, 1.82) is 0 Å². The molecule has 1 saturated heterocycles. The number of benzene rings is 2. The van der Waals surface area contributed by atoms with Crippen LogP contribution in [0.5, 0.6) is 5.75 Å². The minimum absolute atomic E-state index is 0.169. The molecule has 1 aliphatic heterocycles. The van der Waals surface area contributed by atoms with Gasteiger partial charge in [0.2, 0.25) is 5.95 Å². The van der Waals surface area contributed by atoms with E-state index in [0.717, 1.165) is 84.4 Å². The zero-order valence-corrected chi connectivity index (χ0v) is 36.5. The standard InChI is InChI=1S/C45H62N8O3Si/c1-29(2)57(30(3)4,31(5)6)55-28-33-23-24-51(26-33)44-49-48-41-22-19-35(27-52(41)44)56-39-21-20-38(36-13-11-12-14-37(36)39)46-43(54)47-42-25-40(45(8,9)10)50-53(42)34-17-15-32(7)16-18-34/h11-19,22,25,27,29-31,33,38-39H,20-21,23-24,26,28H2,1-10H3,(H2,46,47,54)/t33-,38-,39+/m0/s1. The van der Waals surface area contributed by atoms with E-state index < -0.39 is 8.32 Å². The van der Waals surface area contributed by atoms with E-state index in [9.17, 15) is 4.79 Å². The van der Waals surface area contributed by atoms with Gasteiger partial charge in [0, 0.05) is 37.1 Å². The van der Waals surface area contributed by atoms with Gasteiger partial charge in [-0.2, -0.15) is 5.10 Å². The molecule has 57 heavy (non-hydrogen) atoms. The largest absolute Gasteiger partial charge is 0.484 e. The van der Waals surface area contributed by atoms with Gasteiger partial charge in [0.05, 0.1) is 23.6 Å². The highest BCUT2D eigenvalue weighted by Gasteiger charge is 2.45. The molecule has 2 aliphatic rings. The van der Waals surface area contributed by atoms with E-state index in [1.54, 1.807) is 0 Å². The number of aryl methyl sites for hydroxylation is 1. The zero-order chi connectivity index (χ0) is 40.6. The summed E-state index contributed by atoms with van der Waals surface area (Å²) in [7, 11) is -1.93. The maximum atomic E-state index is 13.7. The number of pyridine rings is 1. The number of carbonyl (C=O) groups is 1. The van der Waals surface area contributed by atoms with Gasteiger partial charge in [-0.1, -0.05) is 104 Å². The Labute approximate surface area is 339 Å². The topological polar surface area (TPSA) is 111 Å². The third-order valence-corrected chi connectivity index (χ3v) is 18.3. The Morgan fingerprint density at radius 3 is 2.28 bits per heavy atom. The van der Waals surface area contributed by atoms with E-state index in [-0.39, 0.29) is 23.6 Å². The molecule has 1 aliphatic carbocycles. The van der Waals surface area contributed by atoms with Crippen molar-refractivity contribution >= 4 is 31.8 Å². The summed E-state index contributed by atoms with van der Waals surface area (Å²) in [6.07, 6.45) is 4.39. The fraction of sp³-hybridized carbons (Fsp3) is 0.511. The monoisotopic (exact) mass is 790 g/mol. The van der Waals surface area contributed by atoms with Gasteiger partial charge in [-0.05, 0) is 78.2 Å². The van der Waals surface area contributed by atoms with Crippen LogP contribution in [0.15, 0.2) is 72.9 Å². The lowest BCUT2D eigenvalue weighted by Gasteiger charge is -2.42. The van der Waals surface area contributed by atoms with Crippen LogP contribution < -0.4 is 20.3 Å². The zero-order valence-electron chi connectivity index (χ0n) is 35.5. The Hall–Kier alpha value is -4.68. The smallest absolute Gasteiger partial charge is 0.320 e. The molecule has 0 radical (unpaired) electrons. The number of nitrogens with one attached hydrogen (secondary N) is 2. The number of amides is 2. The highest BCUT2D eigenvalue weighted by Crippen LogP contribution is 2.43. The highest BCUT2D eigenvalue weighted by molar-refractivity contribution is 6.77. The van der Waals surface area contributed by atoms with Crippen molar-refractivity contribution < 1.29 is 14.0 Å². The van der Waals surface area contributed by atoms with Crippen LogP contribution in [0, 0.1) is 12.8 Å². The molecule has 2 amide bonds. The number of anilines is 2. The quantitative estimate of drug-likeness (QED) is 0.121. The number of nitrogens with zero attached hydrogens (tertiary/aromatic N) is 6. The van der Waals surface area contributed by atoms with Crippen molar-refractivity contribution in [3.05, 3.63) is 95.3 Å². The number of ether oxygens (including phenoxy) is 1. The molecular weight excluding hydrogens is 729 g/mol. The molecule has 2 N–H and O–H groups in total. The van der Waals surface area contributed by atoms with E-state index >= 15 is 0 Å². The summed E-state index contributed by atoms with van der Waals surface area (Å²) in [4.78, 5) is 16.0. The first kappa shape index (κ1) is 40.5. The molecule has 304 valence electrons. The van der Waals surface area contributed by atoms with Crippen LogP contribution in [0.2, 0.25) is 16.6 Å². The summed E-state index contributed by atoms with van der Waals surface area (Å²) in [6, 6.07) is 21.9. The van der Waals surface area contributed by atoms with Crippen LogP contribution in [0.4, 0.5) is 16.6 Å². The fourth-order valence-corrected chi connectivity index (χ4v) is 14.8. The summed E-state index contributed by atoms with van der Waals surface area (Å²) in [5.41, 5.74) is 7.40. The fourth-order valence-electron chi connectivity index (χ4n) is 9.27. The van der Waals surface area contributed by atoms with Crippen LogP contribution in [0.1, 0.15) is 116 Å². The molecule has 7 rings (SSSR count). The lowest BCUT2D eigenvalue weighted by atomic mass is 9.85. The summed E-state index contributed by atoms with van der Waals surface area (Å²) >= 11 is 0. The molecule has 5 aromatic rings. The lowest BCUT2D eigenvalue weighted by molar-refractivity contribution is 0.171. The molecule has 0 saturated carbocycles. The highest BCUT2D eigenvalue weighted by atomic mass is 28.4. The first-order valence-corrected chi connectivity index (χ1v) is 23.0. The first-order chi connectivity index (χ1) is 27.1. The van der Waals surface area contributed by atoms with E-state index in [1.165, 1.54) is 0 Å². The molecule has 11 nitrogen and oxygen atoms in total. The van der Waals surface area contributed by atoms with Gasteiger partial charge in [-0.3, -0.25) is 9.72 Å². The Morgan fingerprint density at radius 2 is 1.60 bits per heavy atom. The van der Waals surface area contributed by atoms with Crippen LogP contribution in [-0.2, 0) is 9.84 Å². The average Bonchev–Trinajstić information content (AvgIpc) is 3.91. The Kier molecular flexibility index (Phi) is 11.6.